The average Bonchev–Trinajstić information content (AvgIpc) is 3.26. The number of anilines is 2. The van der Waals surface area contributed by atoms with Gasteiger partial charge in [0, 0.05) is 42.6 Å². The lowest BCUT2D eigenvalue weighted by Crippen LogP contribution is -2.41. The first-order chi connectivity index (χ1) is 15.6. The number of amides is 1. The van der Waals surface area contributed by atoms with Crippen LogP contribution in [0, 0.1) is 0 Å². The minimum Gasteiger partial charge on any atom is -0.366 e. The molecule has 8 nitrogen and oxygen atoms in total. The summed E-state index contributed by atoms with van der Waals surface area (Å²) in [5, 5.41) is 9.86. The molecule has 0 spiro atoms. The van der Waals surface area contributed by atoms with Gasteiger partial charge in [0.15, 0.2) is 0 Å². The lowest BCUT2D eigenvalue weighted by molar-refractivity contribution is 0.1000. The van der Waals surface area contributed by atoms with Gasteiger partial charge in [-0.2, -0.15) is 5.10 Å². The number of carbonyl (C=O) groups excluding carboxylic acids is 1. The van der Waals surface area contributed by atoms with E-state index in [0.29, 0.717) is 5.56 Å². The minimum absolute atomic E-state index is 0.243. The molecule has 1 aromatic carbocycles. The van der Waals surface area contributed by atoms with E-state index in [9.17, 15) is 4.79 Å². The van der Waals surface area contributed by atoms with Gasteiger partial charge in [-0.1, -0.05) is 12.1 Å². The molecule has 32 heavy (non-hydrogen) atoms. The van der Waals surface area contributed by atoms with Gasteiger partial charge >= 0.3 is 0 Å². The predicted molar refractivity (Wildman–Crippen MR) is 125 cm³/mol. The number of piperidine rings is 1. The summed E-state index contributed by atoms with van der Waals surface area (Å²) in [6.07, 6.45) is 11.0. The van der Waals surface area contributed by atoms with Crippen LogP contribution in [0.15, 0.2) is 61.3 Å². The summed E-state index contributed by atoms with van der Waals surface area (Å²) in [6, 6.07) is 10.5. The Bertz CT molecular complexity index is 1280. The average molecular weight is 428 g/mol. The van der Waals surface area contributed by atoms with Crippen LogP contribution in [-0.4, -0.2) is 44.8 Å². The fraction of sp³-hybridized carbons (Fsp3) is 0.250. The first kappa shape index (κ1) is 20.1. The van der Waals surface area contributed by atoms with Gasteiger partial charge in [-0.05, 0) is 55.1 Å². The SMILES string of the molecule is Cn1cc(-c2ccc3cnc(N(c4cncc(C(N)=O)c4)C4CCNCC4)cc3c2)cn1. The molecule has 8 heteroatoms. The monoisotopic (exact) mass is 427 g/mol. The van der Waals surface area contributed by atoms with Crippen molar-refractivity contribution in [2.45, 2.75) is 18.9 Å². The fourth-order valence-electron chi connectivity index (χ4n) is 4.30. The van der Waals surface area contributed by atoms with Gasteiger partial charge in [0.05, 0.1) is 23.6 Å². The van der Waals surface area contributed by atoms with Crippen LogP contribution in [0.5, 0.6) is 0 Å². The normalized spacial score (nSPS) is 14.5. The largest absolute Gasteiger partial charge is 0.366 e. The molecule has 0 unspecified atom stereocenters. The van der Waals surface area contributed by atoms with Crippen LogP contribution in [-0.2, 0) is 7.05 Å². The number of primary amides is 1. The maximum Gasteiger partial charge on any atom is 0.250 e. The van der Waals surface area contributed by atoms with Crippen molar-refractivity contribution in [3.63, 3.8) is 0 Å². The Hall–Kier alpha value is -3.78. The molecule has 1 fully saturated rings. The Kier molecular flexibility index (Phi) is 5.28. The molecule has 3 N–H and O–H groups in total. The van der Waals surface area contributed by atoms with Crippen molar-refractivity contribution in [2.24, 2.45) is 12.8 Å². The number of nitrogens with one attached hydrogen (secondary N) is 1. The number of rotatable bonds is 5. The molecule has 162 valence electrons. The van der Waals surface area contributed by atoms with E-state index in [-0.39, 0.29) is 6.04 Å². The zero-order chi connectivity index (χ0) is 22.1. The van der Waals surface area contributed by atoms with Crippen molar-refractivity contribution in [2.75, 3.05) is 18.0 Å². The molecule has 5 rings (SSSR count). The number of hydrogen-bond acceptors (Lipinski definition) is 6. The molecule has 1 aliphatic rings. The highest BCUT2D eigenvalue weighted by molar-refractivity contribution is 5.94. The van der Waals surface area contributed by atoms with Gasteiger partial charge in [-0.3, -0.25) is 14.5 Å². The van der Waals surface area contributed by atoms with Crippen LogP contribution < -0.4 is 16.0 Å². The molecule has 1 saturated heterocycles. The Morgan fingerprint density at radius 3 is 2.66 bits per heavy atom. The zero-order valence-corrected chi connectivity index (χ0v) is 17.9. The Morgan fingerprint density at radius 2 is 1.91 bits per heavy atom. The molecule has 1 aliphatic heterocycles. The van der Waals surface area contributed by atoms with E-state index in [1.54, 1.807) is 16.9 Å². The molecule has 0 atom stereocenters. The number of nitrogens with two attached hydrogens (primary N) is 1. The Balaban J connectivity index is 1.60. The van der Waals surface area contributed by atoms with Crippen molar-refractivity contribution in [1.29, 1.82) is 0 Å². The second kappa shape index (κ2) is 8.39. The van der Waals surface area contributed by atoms with Gasteiger partial charge in [-0.25, -0.2) is 4.98 Å². The number of benzene rings is 1. The molecule has 0 aliphatic carbocycles. The molecular formula is C24H25N7O. The number of pyridine rings is 2. The number of hydrogen-bond donors (Lipinski definition) is 2. The molecule has 4 aromatic rings. The standard InChI is InChI=1S/C24H25N7O/c1-30-15-20(13-29-30)16-2-3-17-12-28-23(10-18(17)8-16)31(21-4-6-26-7-5-21)22-9-19(24(25)32)11-27-14-22/h2-3,8-15,21,26H,4-7H2,1H3,(H2,25,32). The van der Waals surface area contributed by atoms with Gasteiger partial charge in [-0.15, -0.1) is 0 Å². The summed E-state index contributed by atoms with van der Waals surface area (Å²) in [6.45, 7) is 1.87. The molecule has 0 bridgehead atoms. The number of aromatic nitrogens is 4. The van der Waals surface area contributed by atoms with Crippen LogP contribution in [0.1, 0.15) is 23.2 Å². The van der Waals surface area contributed by atoms with Gasteiger partial charge in [0.1, 0.15) is 5.82 Å². The minimum atomic E-state index is -0.489. The molecule has 0 radical (unpaired) electrons. The molecule has 1 amide bonds. The number of nitrogens with zero attached hydrogens (tertiary/aromatic N) is 5. The van der Waals surface area contributed by atoms with Gasteiger partial charge in [0.25, 0.3) is 0 Å². The third kappa shape index (κ3) is 3.92. The molecule has 0 saturated carbocycles. The zero-order valence-electron chi connectivity index (χ0n) is 17.9. The lowest BCUT2D eigenvalue weighted by atomic mass is 10.0. The first-order valence-electron chi connectivity index (χ1n) is 10.7. The van der Waals surface area contributed by atoms with E-state index < -0.39 is 5.91 Å². The van der Waals surface area contributed by atoms with Crippen LogP contribution in [0.4, 0.5) is 11.5 Å². The smallest absolute Gasteiger partial charge is 0.250 e. The van der Waals surface area contributed by atoms with Crippen LogP contribution in [0.2, 0.25) is 0 Å². The van der Waals surface area contributed by atoms with E-state index in [4.69, 9.17) is 10.7 Å². The van der Waals surface area contributed by atoms with Crippen molar-refractivity contribution in [3.8, 4) is 11.1 Å². The number of fused-ring (bicyclic) bond motifs is 1. The third-order valence-corrected chi connectivity index (χ3v) is 5.95. The van der Waals surface area contributed by atoms with Crippen molar-refractivity contribution in [3.05, 3.63) is 66.9 Å². The van der Waals surface area contributed by atoms with Crippen LogP contribution in [0.25, 0.3) is 21.9 Å². The van der Waals surface area contributed by atoms with Crippen LogP contribution >= 0.6 is 0 Å². The maximum absolute atomic E-state index is 11.8. The quantitative estimate of drug-likeness (QED) is 0.508. The van der Waals surface area contributed by atoms with Crippen molar-refractivity contribution in [1.82, 2.24) is 25.1 Å². The van der Waals surface area contributed by atoms with Gasteiger partial charge < -0.3 is 16.0 Å². The topological polar surface area (TPSA) is 102 Å². The highest BCUT2D eigenvalue weighted by Crippen LogP contribution is 2.33. The summed E-state index contributed by atoms with van der Waals surface area (Å²) in [4.78, 5) is 23.0. The van der Waals surface area contributed by atoms with Crippen molar-refractivity contribution >= 4 is 28.2 Å². The number of carbonyl (C=O) groups is 1. The molecular weight excluding hydrogens is 402 g/mol. The van der Waals surface area contributed by atoms with E-state index >= 15 is 0 Å². The van der Waals surface area contributed by atoms with E-state index in [0.717, 1.165) is 59.3 Å². The maximum atomic E-state index is 11.8. The third-order valence-electron chi connectivity index (χ3n) is 5.95. The Labute approximate surface area is 186 Å². The van der Waals surface area contributed by atoms with E-state index in [1.807, 2.05) is 25.6 Å². The molecule has 3 aromatic heterocycles. The van der Waals surface area contributed by atoms with Crippen molar-refractivity contribution < 1.29 is 4.79 Å². The van der Waals surface area contributed by atoms with E-state index in [2.05, 4.69) is 44.6 Å². The highest BCUT2D eigenvalue weighted by atomic mass is 16.1. The first-order valence-corrected chi connectivity index (χ1v) is 10.7. The van der Waals surface area contributed by atoms with E-state index in [1.165, 1.54) is 6.20 Å². The summed E-state index contributed by atoms with van der Waals surface area (Å²) < 4.78 is 1.80. The highest BCUT2D eigenvalue weighted by Gasteiger charge is 2.25. The summed E-state index contributed by atoms with van der Waals surface area (Å²) in [5.41, 5.74) is 8.91. The lowest BCUT2D eigenvalue weighted by Gasteiger charge is -2.35. The summed E-state index contributed by atoms with van der Waals surface area (Å²) >= 11 is 0. The second-order valence-corrected chi connectivity index (χ2v) is 8.15. The van der Waals surface area contributed by atoms with Crippen LogP contribution in [0.3, 0.4) is 0 Å². The van der Waals surface area contributed by atoms with Gasteiger partial charge in [0.2, 0.25) is 5.91 Å². The summed E-state index contributed by atoms with van der Waals surface area (Å²) in [5.74, 6) is 0.341. The Morgan fingerprint density at radius 1 is 1.06 bits per heavy atom. The fourth-order valence-corrected chi connectivity index (χ4v) is 4.30. The number of aryl methyl sites for hydroxylation is 1. The summed E-state index contributed by atoms with van der Waals surface area (Å²) in [7, 11) is 1.91. The predicted octanol–water partition coefficient (Wildman–Crippen LogP) is 3.02. The molecule has 4 heterocycles. The second-order valence-electron chi connectivity index (χ2n) is 8.15.